The van der Waals surface area contributed by atoms with Crippen LogP contribution in [0, 0.1) is 0 Å². The maximum absolute atomic E-state index is 12.7. The molecule has 0 aliphatic carbocycles. The number of aromatic nitrogens is 2. The minimum atomic E-state index is -0.172. The highest BCUT2D eigenvalue weighted by molar-refractivity contribution is 6.31. The van der Waals surface area contributed by atoms with E-state index < -0.39 is 0 Å². The Morgan fingerprint density at radius 3 is 2.43 bits per heavy atom. The second kappa shape index (κ2) is 7.41. The molecule has 4 rings (SSSR count). The quantitative estimate of drug-likeness (QED) is 0.486. The highest BCUT2D eigenvalue weighted by Crippen LogP contribution is 2.20. The smallest absolute Gasteiger partial charge is 0.272 e. The predicted molar refractivity (Wildman–Crippen MR) is 111 cm³/mol. The molecule has 0 atom stereocenters. The van der Waals surface area contributed by atoms with E-state index in [1.165, 1.54) is 0 Å². The third-order valence-corrected chi connectivity index (χ3v) is 5.13. The van der Waals surface area contributed by atoms with Gasteiger partial charge in [-0.15, -0.1) is 0 Å². The minimum absolute atomic E-state index is 0.0780. The molecule has 28 heavy (non-hydrogen) atoms. The molecule has 4 nitrogen and oxygen atoms in total. The van der Waals surface area contributed by atoms with Gasteiger partial charge in [-0.2, -0.15) is 0 Å². The van der Waals surface area contributed by atoms with Gasteiger partial charge in [-0.05, 0) is 29.8 Å². The summed E-state index contributed by atoms with van der Waals surface area (Å²) >= 11 is 6.24. The predicted octanol–water partition coefficient (Wildman–Crippen LogP) is 4.41. The van der Waals surface area contributed by atoms with Crippen molar-refractivity contribution in [1.82, 2.24) is 9.55 Å². The molecule has 1 heterocycles. The summed E-state index contributed by atoms with van der Waals surface area (Å²) in [6, 6.07) is 21.7. The third-order valence-electron chi connectivity index (χ3n) is 4.76. The van der Waals surface area contributed by atoms with Gasteiger partial charge in [-0.1, -0.05) is 60.1 Å². The first-order valence-electron chi connectivity index (χ1n) is 8.87. The highest BCUT2D eigenvalue weighted by atomic mass is 35.5. The van der Waals surface area contributed by atoms with Crippen molar-refractivity contribution in [1.29, 1.82) is 0 Å². The number of benzene rings is 3. The van der Waals surface area contributed by atoms with Gasteiger partial charge < -0.3 is 4.57 Å². The Hall–Kier alpha value is -3.24. The van der Waals surface area contributed by atoms with E-state index in [4.69, 9.17) is 11.6 Å². The van der Waals surface area contributed by atoms with Crippen LogP contribution in [0.3, 0.4) is 0 Å². The lowest BCUT2D eigenvalue weighted by molar-refractivity contribution is 0.103. The summed E-state index contributed by atoms with van der Waals surface area (Å²) in [7, 11) is 1.71. The molecular weight excluding hydrogens is 372 g/mol. The molecule has 5 heteroatoms. The average Bonchev–Trinajstić information content (AvgIpc) is 2.73. The van der Waals surface area contributed by atoms with E-state index in [9.17, 15) is 9.59 Å². The standard InChI is InChI=1S/C23H17ClN2O2/c1-26-21-12-11-17(22(27)15-7-3-2-4-8-15)14-19(21)25-20(23(26)28)13-16-9-5-6-10-18(16)24/h2-12,14H,13H2,1H3. The van der Waals surface area contributed by atoms with Crippen LogP contribution in [0.1, 0.15) is 27.2 Å². The Morgan fingerprint density at radius 1 is 0.964 bits per heavy atom. The Labute approximate surface area is 167 Å². The number of rotatable bonds is 4. The first-order chi connectivity index (χ1) is 13.5. The molecule has 0 aliphatic heterocycles. The van der Waals surface area contributed by atoms with Crippen molar-refractivity contribution in [3.8, 4) is 0 Å². The molecule has 0 bridgehead atoms. The summed E-state index contributed by atoms with van der Waals surface area (Å²) in [5.74, 6) is -0.0780. The zero-order valence-electron chi connectivity index (χ0n) is 15.2. The van der Waals surface area contributed by atoms with Crippen LogP contribution in [0.15, 0.2) is 77.6 Å². The van der Waals surface area contributed by atoms with Gasteiger partial charge in [-0.25, -0.2) is 4.98 Å². The zero-order chi connectivity index (χ0) is 19.7. The molecule has 0 saturated carbocycles. The fourth-order valence-corrected chi connectivity index (χ4v) is 3.43. The molecule has 1 aromatic heterocycles. The van der Waals surface area contributed by atoms with Crippen molar-refractivity contribution >= 4 is 28.4 Å². The van der Waals surface area contributed by atoms with E-state index in [-0.39, 0.29) is 11.3 Å². The molecule has 0 spiro atoms. The van der Waals surface area contributed by atoms with Crippen LogP contribution in [0.25, 0.3) is 11.0 Å². The topological polar surface area (TPSA) is 52.0 Å². The first-order valence-corrected chi connectivity index (χ1v) is 9.25. The van der Waals surface area contributed by atoms with E-state index in [0.29, 0.717) is 39.3 Å². The largest absolute Gasteiger partial charge is 0.308 e. The number of halogens is 1. The van der Waals surface area contributed by atoms with E-state index >= 15 is 0 Å². The lowest BCUT2D eigenvalue weighted by Crippen LogP contribution is -2.23. The van der Waals surface area contributed by atoms with Crippen LogP contribution >= 0.6 is 11.6 Å². The summed E-state index contributed by atoms with van der Waals surface area (Å²) in [5, 5.41) is 0.597. The molecule has 0 N–H and O–H groups in total. The van der Waals surface area contributed by atoms with Gasteiger partial charge in [0, 0.05) is 29.6 Å². The number of carbonyl (C=O) groups excluding carboxylic acids is 1. The van der Waals surface area contributed by atoms with Crippen molar-refractivity contribution < 1.29 is 4.79 Å². The molecule has 0 radical (unpaired) electrons. The maximum atomic E-state index is 12.7. The Kier molecular flexibility index (Phi) is 4.80. The van der Waals surface area contributed by atoms with E-state index in [0.717, 1.165) is 5.56 Å². The number of hydrogen-bond donors (Lipinski definition) is 0. The van der Waals surface area contributed by atoms with Crippen molar-refractivity contribution in [2.75, 3.05) is 0 Å². The number of nitrogens with zero attached hydrogens (tertiary/aromatic N) is 2. The Bertz CT molecular complexity index is 1250. The van der Waals surface area contributed by atoms with E-state index in [1.54, 1.807) is 48.0 Å². The SMILES string of the molecule is Cn1c(=O)c(Cc2ccccc2Cl)nc2cc(C(=O)c3ccccc3)ccc21. The molecule has 0 aliphatic rings. The second-order valence-corrected chi connectivity index (χ2v) is 7.00. The van der Waals surface area contributed by atoms with Crippen molar-refractivity contribution in [3.63, 3.8) is 0 Å². The minimum Gasteiger partial charge on any atom is -0.308 e. The summed E-state index contributed by atoms with van der Waals surface area (Å²) in [6.07, 6.45) is 0.332. The van der Waals surface area contributed by atoms with Gasteiger partial charge >= 0.3 is 0 Å². The van der Waals surface area contributed by atoms with Crippen molar-refractivity contribution in [2.45, 2.75) is 6.42 Å². The van der Waals surface area contributed by atoms with Crippen LogP contribution in [-0.2, 0) is 13.5 Å². The molecule has 0 unspecified atom stereocenters. The van der Waals surface area contributed by atoms with Crippen LogP contribution in [0.5, 0.6) is 0 Å². The van der Waals surface area contributed by atoms with Gasteiger partial charge in [0.05, 0.1) is 11.0 Å². The Morgan fingerprint density at radius 2 is 1.68 bits per heavy atom. The normalized spacial score (nSPS) is 10.9. The van der Waals surface area contributed by atoms with Crippen LogP contribution in [0.4, 0.5) is 0 Å². The van der Waals surface area contributed by atoms with Crippen LogP contribution < -0.4 is 5.56 Å². The van der Waals surface area contributed by atoms with Crippen LogP contribution in [0.2, 0.25) is 5.02 Å². The number of ketones is 1. The summed E-state index contributed by atoms with van der Waals surface area (Å²) < 4.78 is 1.56. The fraction of sp³-hybridized carbons (Fsp3) is 0.0870. The Balaban J connectivity index is 1.80. The van der Waals surface area contributed by atoms with Crippen molar-refractivity contribution in [2.24, 2.45) is 7.05 Å². The molecule has 0 fully saturated rings. The van der Waals surface area contributed by atoms with E-state index in [1.807, 2.05) is 36.4 Å². The van der Waals surface area contributed by atoms with Crippen LogP contribution in [-0.4, -0.2) is 15.3 Å². The number of carbonyl (C=O) groups is 1. The lowest BCUT2D eigenvalue weighted by atomic mass is 10.0. The van der Waals surface area contributed by atoms with Crippen molar-refractivity contribution in [3.05, 3.63) is 111 Å². The first kappa shape index (κ1) is 18.1. The zero-order valence-corrected chi connectivity index (χ0v) is 16.0. The van der Waals surface area contributed by atoms with E-state index in [2.05, 4.69) is 4.98 Å². The maximum Gasteiger partial charge on any atom is 0.272 e. The molecule has 138 valence electrons. The molecule has 0 saturated heterocycles. The summed E-state index contributed by atoms with van der Waals surface area (Å²) in [5.41, 5.74) is 3.49. The van der Waals surface area contributed by atoms with Gasteiger partial charge in [0.15, 0.2) is 5.78 Å². The fourth-order valence-electron chi connectivity index (χ4n) is 3.23. The molecule has 4 aromatic rings. The number of hydrogen-bond acceptors (Lipinski definition) is 3. The van der Waals surface area contributed by atoms with Gasteiger partial charge in [0.25, 0.3) is 5.56 Å². The molecule has 3 aromatic carbocycles. The summed E-state index contributed by atoms with van der Waals surface area (Å²) in [4.78, 5) is 30.0. The molecule has 0 amide bonds. The number of aryl methyl sites for hydroxylation is 1. The lowest BCUT2D eigenvalue weighted by Gasteiger charge is -2.10. The van der Waals surface area contributed by atoms with Gasteiger partial charge in [-0.3, -0.25) is 9.59 Å². The van der Waals surface area contributed by atoms with Gasteiger partial charge in [0.1, 0.15) is 5.69 Å². The molecular formula is C23H17ClN2O2. The van der Waals surface area contributed by atoms with Gasteiger partial charge in [0.2, 0.25) is 0 Å². The second-order valence-electron chi connectivity index (χ2n) is 6.59. The number of fused-ring (bicyclic) bond motifs is 1. The third kappa shape index (κ3) is 3.35. The highest BCUT2D eigenvalue weighted by Gasteiger charge is 2.14. The average molecular weight is 389 g/mol. The summed E-state index contributed by atoms with van der Waals surface area (Å²) in [6.45, 7) is 0. The monoisotopic (exact) mass is 388 g/mol.